The van der Waals surface area contributed by atoms with E-state index in [-0.39, 0.29) is 6.61 Å². The van der Waals surface area contributed by atoms with Gasteiger partial charge in [0.2, 0.25) is 0 Å². The Bertz CT molecular complexity index is 564. The first kappa shape index (κ1) is 13.7. The molecule has 0 bridgehead atoms. The molecule has 5 nitrogen and oxygen atoms in total. The van der Waals surface area contributed by atoms with Gasteiger partial charge in [-0.2, -0.15) is 0 Å². The SMILES string of the molecule is COCCn1c(CO)nnc1-c1ccc(C)c(C)c1. The first-order valence-corrected chi connectivity index (χ1v) is 6.27. The van der Waals surface area contributed by atoms with Gasteiger partial charge in [-0.3, -0.25) is 0 Å². The van der Waals surface area contributed by atoms with Crippen molar-refractivity contribution in [1.29, 1.82) is 0 Å². The fraction of sp³-hybridized carbons (Fsp3) is 0.429. The van der Waals surface area contributed by atoms with Gasteiger partial charge in [0.1, 0.15) is 6.61 Å². The molecule has 0 aliphatic carbocycles. The smallest absolute Gasteiger partial charge is 0.164 e. The van der Waals surface area contributed by atoms with Gasteiger partial charge < -0.3 is 14.4 Å². The van der Waals surface area contributed by atoms with Crippen LogP contribution >= 0.6 is 0 Å². The quantitative estimate of drug-likeness (QED) is 0.890. The second-order valence-electron chi connectivity index (χ2n) is 4.54. The number of methoxy groups -OCH3 is 1. The maximum absolute atomic E-state index is 9.31. The van der Waals surface area contributed by atoms with Gasteiger partial charge in [-0.1, -0.05) is 12.1 Å². The molecule has 0 fully saturated rings. The summed E-state index contributed by atoms with van der Waals surface area (Å²) in [5.74, 6) is 1.33. The van der Waals surface area contributed by atoms with Crippen LogP contribution in [0.15, 0.2) is 18.2 Å². The summed E-state index contributed by atoms with van der Waals surface area (Å²) < 4.78 is 6.99. The highest BCUT2D eigenvalue weighted by Crippen LogP contribution is 2.21. The first-order valence-electron chi connectivity index (χ1n) is 6.27. The summed E-state index contributed by atoms with van der Waals surface area (Å²) in [5.41, 5.74) is 3.46. The molecule has 1 heterocycles. The van der Waals surface area contributed by atoms with E-state index in [0.29, 0.717) is 19.0 Å². The van der Waals surface area contributed by atoms with Gasteiger partial charge in [0.05, 0.1) is 6.61 Å². The van der Waals surface area contributed by atoms with Gasteiger partial charge in [0, 0.05) is 19.2 Å². The van der Waals surface area contributed by atoms with Crippen LogP contribution in [-0.4, -0.2) is 33.6 Å². The van der Waals surface area contributed by atoms with Crippen molar-refractivity contribution in [3.63, 3.8) is 0 Å². The fourth-order valence-corrected chi connectivity index (χ4v) is 1.96. The zero-order valence-corrected chi connectivity index (χ0v) is 11.6. The van der Waals surface area contributed by atoms with Crippen LogP contribution in [0.1, 0.15) is 17.0 Å². The van der Waals surface area contributed by atoms with Gasteiger partial charge in [-0.05, 0) is 31.0 Å². The molecule has 0 amide bonds. The molecule has 1 N–H and O–H groups in total. The van der Waals surface area contributed by atoms with Crippen molar-refractivity contribution in [2.24, 2.45) is 0 Å². The normalized spacial score (nSPS) is 10.9. The molecule has 0 spiro atoms. The molecular weight excluding hydrogens is 242 g/mol. The van der Waals surface area contributed by atoms with E-state index in [4.69, 9.17) is 4.74 Å². The second kappa shape index (κ2) is 5.95. The molecule has 1 aromatic carbocycles. The van der Waals surface area contributed by atoms with Gasteiger partial charge >= 0.3 is 0 Å². The van der Waals surface area contributed by atoms with Crippen LogP contribution in [0, 0.1) is 13.8 Å². The van der Waals surface area contributed by atoms with E-state index >= 15 is 0 Å². The number of ether oxygens (including phenoxy) is 1. The van der Waals surface area contributed by atoms with Crippen molar-refractivity contribution >= 4 is 0 Å². The monoisotopic (exact) mass is 261 g/mol. The third-order valence-electron chi connectivity index (χ3n) is 3.25. The van der Waals surface area contributed by atoms with Crippen molar-refractivity contribution in [2.45, 2.75) is 27.0 Å². The van der Waals surface area contributed by atoms with E-state index in [0.717, 1.165) is 11.4 Å². The lowest BCUT2D eigenvalue weighted by atomic mass is 10.1. The summed E-state index contributed by atoms with van der Waals surface area (Å²) in [5, 5.41) is 17.5. The molecule has 0 aliphatic rings. The highest BCUT2D eigenvalue weighted by Gasteiger charge is 2.13. The summed E-state index contributed by atoms with van der Waals surface area (Å²) in [6.45, 7) is 5.21. The number of benzene rings is 1. The Kier molecular flexibility index (Phi) is 4.29. The van der Waals surface area contributed by atoms with Gasteiger partial charge in [-0.25, -0.2) is 0 Å². The maximum Gasteiger partial charge on any atom is 0.164 e. The average molecular weight is 261 g/mol. The number of hydrogen-bond acceptors (Lipinski definition) is 4. The maximum atomic E-state index is 9.31. The topological polar surface area (TPSA) is 60.2 Å². The van der Waals surface area contributed by atoms with Crippen LogP contribution in [0.5, 0.6) is 0 Å². The van der Waals surface area contributed by atoms with Gasteiger partial charge in [-0.15, -0.1) is 10.2 Å². The van der Waals surface area contributed by atoms with Crippen molar-refractivity contribution < 1.29 is 9.84 Å². The molecule has 19 heavy (non-hydrogen) atoms. The molecule has 2 rings (SSSR count). The largest absolute Gasteiger partial charge is 0.388 e. The van der Waals surface area contributed by atoms with Crippen LogP contribution in [0.2, 0.25) is 0 Å². The van der Waals surface area contributed by atoms with Gasteiger partial charge in [0.25, 0.3) is 0 Å². The number of nitrogens with zero attached hydrogens (tertiary/aromatic N) is 3. The third kappa shape index (κ3) is 2.83. The number of aryl methyl sites for hydroxylation is 2. The molecule has 5 heteroatoms. The van der Waals surface area contributed by atoms with E-state index in [2.05, 4.69) is 36.2 Å². The molecule has 0 atom stereocenters. The number of hydrogen-bond donors (Lipinski definition) is 1. The van der Waals surface area contributed by atoms with Crippen LogP contribution in [0.4, 0.5) is 0 Å². The van der Waals surface area contributed by atoms with Crippen molar-refractivity contribution in [1.82, 2.24) is 14.8 Å². The average Bonchev–Trinajstić information content (AvgIpc) is 2.82. The first-order chi connectivity index (χ1) is 9.17. The Hall–Kier alpha value is -1.72. The number of aliphatic hydroxyl groups is 1. The Labute approximate surface area is 112 Å². The molecule has 0 aliphatic heterocycles. The number of aliphatic hydroxyl groups excluding tert-OH is 1. The van der Waals surface area contributed by atoms with Crippen molar-refractivity contribution in [3.8, 4) is 11.4 Å². The molecule has 0 saturated heterocycles. The van der Waals surface area contributed by atoms with E-state index in [1.165, 1.54) is 11.1 Å². The van der Waals surface area contributed by atoms with E-state index in [9.17, 15) is 5.11 Å². The van der Waals surface area contributed by atoms with Crippen LogP contribution in [0.3, 0.4) is 0 Å². The molecule has 2 aromatic rings. The Morgan fingerprint density at radius 3 is 2.63 bits per heavy atom. The number of rotatable bonds is 5. The van der Waals surface area contributed by atoms with E-state index < -0.39 is 0 Å². The predicted octanol–water partition coefficient (Wildman–Crippen LogP) is 1.70. The lowest BCUT2D eigenvalue weighted by Gasteiger charge is -2.10. The fourth-order valence-electron chi connectivity index (χ4n) is 1.96. The third-order valence-corrected chi connectivity index (χ3v) is 3.25. The van der Waals surface area contributed by atoms with Crippen LogP contribution in [0.25, 0.3) is 11.4 Å². The van der Waals surface area contributed by atoms with Crippen molar-refractivity contribution in [3.05, 3.63) is 35.2 Å². The molecule has 0 unspecified atom stereocenters. The van der Waals surface area contributed by atoms with E-state index in [1.54, 1.807) is 7.11 Å². The summed E-state index contributed by atoms with van der Waals surface area (Å²) in [6, 6.07) is 6.18. The minimum atomic E-state index is -0.123. The summed E-state index contributed by atoms with van der Waals surface area (Å²) in [4.78, 5) is 0. The standard InChI is InChI=1S/C14H19N3O2/c1-10-4-5-12(8-11(10)2)14-16-15-13(9-18)17(14)6-7-19-3/h4-5,8,18H,6-7,9H2,1-3H3. The van der Waals surface area contributed by atoms with Crippen molar-refractivity contribution in [2.75, 3.05) is 13.7 Å². The molecular formula is C14H19N3O2. The molecule has 0 radical (unpaired) electrons. The Balaban J connectivity index is 2.42. The summed E-state index contributed by atoms with van der Waals surface area (Å²) in [7, 11) is 1.65. The predicted molar refractivity (Wildman–Crippen MR) is 72.7 cm³/mol. The molecule has 0 saturated carbocycles. The Morgan fingerprint density at radius 2 is 2.00 bits per heavy atom. The van der Waals surface area contributed by atoms with E-state index in [1.807, 2.05) is 10.6 Å². The van der Waals surface area contributed by atoms with Crippen LogP contribution in [-0.2, 0) is 17.9 Å². The number of aromatic nitrogens is 3. The van der Waals surface area contributed by atoms with Crippen LogP contribution < -0.4 is 0 Å². The summed E-state index contributed by atoms with van der Waals surface area (Å²) >= 11 is 0. The lowest BCUT2D eigenvalue weighted by Crippen LogP contribution is -2.10. The zero-order valence-electron chi connectivity index (χ0n) is 11.6. The van der Waals surface area contributed by atoms with Gasteiger partial charge in [0.15, 0.2) is 11.6 Å². The summed E-state index contributed by atoms with van der Waals surface area (Å²) in [6.07, 6.45) is 0. The minimum absolute atomic E-state index is 0.123. The zero-order chi connectivity index (χ0) is 13.8. The minimum Gasteiger partial charge on any atom is -0.388 e. The molecule has 102 valence electrons. The molecule has 1 aromatic heterocycles. The second-order valence-corrected chi connectivity index (χ2v) is 4.54. The highest BCUT2D eigenvalue weighted by atomic mass is 16.5. The Morgan fingerprint density at radius 1 is 1.21 bits per heavy atom. The lowest BCUT2D eigenvalue weighted by molar-refractivity contribution is 0.183. The highest BCUT2D eigenvalue weighted by molar-refractivity contribution is 5.57.